The lowest BCUT2D eigenvalue weighted by molar-refractivity contribution is -0.116. The summed E-state index contributed by atoms with van der Waals surface area (Å²) < 4.78 is 0. The number of aromatic amines is 1. The Morgan fingerprint density at radius 3 is 2.85 bits per heavy atom. The predicted molar refractivity (Wildman–Crippen MR) is 102 cm³/mol. The minimum absolute atomic E-state index is 0.0558. The van der Waals surface area contributed by atoms with Crippen LogP contribution < -0.4 is 10.9 Å². The SMILES string of the molecule is O=C(CCc1nc2ccccc2c(=O)[nH]1)Nc1cccc2c1CCCC2. The number of nitrogens with zero attached hydrogens (tertiary/aromatic N) is 1. The van der Waals surface area contributed by atoms with E-state index in [2.05, 4.69) is 21.4 Å². The molecule has 132 valence electrons. The molecule has 5 nitrogen and oxygen atoms in total. The number of amides is 1. The van der Waals surface area contributed by atoms with E-state index in [4.69, 9.17) is 0 Å². The number of aryl methyl sites for hydroxylation is 2. The van der Waals surface area contributed by atoms with Gasteiger partial charge in [0.1, 0.15) is 5.82 Å². The highest BCUT2D eigenvalue weighted by Gasteiger charge is 2.14. The molecule has 0 spiro atoms. The lowest BCUT2D eigenvalue weighted by atomic mass is 9.90. The van der Waals surface area contributed by atoms with Crippen molar-refractivity contribution < 1.29 is 4.79 Å². The summed E-state index contributed by atoms with van der Waals surface area (Å²) in [6, 6.07) is 13.3. The molecule has 0 saturated carbocycles. The normalized spacial score (nSPS) is 13.4. The maximum absolute atomic E-state index is 12.4. The molecule has 0 radical (unpaired) electrons. The topological polar surface area (TPSA) is 74.8 Å². The van der Waals surface area contributed by atoms with Crippen LogP contribution in [0, 0.1) is 0 Å². The quantitative estimate of drug-likeness (QED) is 0.760. The maximum atomic E-state index is 12.4. The van der Waals surface area contributed by atoms with Crippen LogP contribution in [0.5, 0.6) is 0 Å². The van der Waals surface area contributed by atoms with Crippen molar-refractivity contribution in [2.75, 3.05) is 5.32 Å². The second-order valence-electron chi connectivity index (χ2n) is 6.73. The van der Waals surface area contributed by atoms with E-state index < -0.39 is 0 Å². The van der Waals surface area contributed by atoms with Crippen LogP contribution in [0.15, 0.2) is 47.3 Å². The molecule has 3 aromatic rings. The van der Waals surface area contributed by atoms with Crippen molar-refractivity contribution >= 4 is 22.5 Å². The summed E-state index contributed by atoms with van der Waals surface area (Å²) in [4.78, 5) is 31.7. The molecule has 1 heterocycles. The first kappa shape index (κ1) is 16.5. The molecule has 0 saturated heterocycles. The number of hydrogen-bond donors (Lipinski definition) is 2. The third kappa shape index (κ3) is 3.38. The molecule has 0 atom stereocenters. The van der Waals surface area contributed by atoms with E-state index in [1.807, 2.05) is 30.3 Å². The van der Waals surface area contributed by atoms with Crippen molar-refractivity contribution in [2.45, 2.75) is 38.5 Å². The molecule has 1 amide bonds. The Morgan fingerprint density at radius 2 is 1.92 bits per heavy atom. The maximum Gasteiger partial charge on any atom is 0.258 e. The van der Waals surface area contributed by atoms with Crippen LogP contribution in [0.1, 0.15) is 36.2 Å². The summed E-state index contributed by atoms with van der Waals surface area (Å²) >= 11 is 0. The smallest absolute Gasteiger partial charge is 0.258 e. The molecule has 26 heavy (non-hydrogen) atoms. The Hall–Kier alpha value is -2.95. The second-order valence-corrected chi connectivity index (χ2v) is 6.73. The number of carbonyl (C=O) groups is 1. The number of hydrogen-bond acceptors (Lipinski definition) is 3. The van der Waals surface area contributed by atoms with E-state index in [9.17, 15) is 9.59 Å². The van der Waals surface area contributed by atoms with Crippen LogP contribution in [0.3, 0.4) is 0 Å². The third-order valence-electron chi connectivity index (χ3n) is 4.92. The Labute approximate surface area is 151 Å². The molecule has 1 aliphatic rings. The van der Waals surface area contributed by atoms with Gasteiger partial charge in [-0.1, -0.05) is 24.3 Å². The zero-order chi connectivity index (χ0) is 17.9. The fourth-order valence-electron chi connectivity index (χ4n) is 3.60. The van der Waals surface area contributed by atoms with Gasteiger partial charge in [-0.2, -0.15) is 0 Å². The first-order valence-corrected chi connectivity index (χ1v) is 9.09. The molecular formula is C21H21N3O2. The first-order valence-electron chi connectivity index (χ1n) is 9.09. The molecule has 0 unspecified atom stereocenters. The Bertz CT molecular complexity index is 1020. The van der Waals surface area contributed by atoms with Crippen molar-refractivity contribution in [3.8, 4) is 0 Å². The standard InChI is InChI=1S/C21H21N3O2/c25-20(23-17-11-5-7-14-6-1-2-8-15(14)17)13-12-19-22-18-10-4-3-9-16(18)21(26)24-19/h3-5,7,9-11H,1-2,6,8,12-13H2,(H,23,25)(H,22,24,26). The number of carbonyl (C=O) groups excluding carboxylic acids is 1. The number of anilines is 1. The number of nitrogens with one attached hydrogen (secondary N) is 2. The summed E-state index contributed by atoms with van der Waals surface area (Å²) in [5.74, 6) is 0.485. The predicted octanol–water partition coefficient (Wildman–Crippen LogP) is 3.37. The van der Waals surface area contributed by atoms with Crippen molar-refractivity contribution in [1.29, 1.82) is 0 Å². The van der Waals surface area contributed by atoms with E-state index in [1.165, 1.54) is 24.0 Å². The molecule has 0 aliphatic heterocycles. The molecule has 0 fully saturated rings. The van der Waals surface area contributed by atoms with Crippen LogP contribution >= 0.6 is 0 Å². The number of rotatable bonds is 4. The van der Waals surface area contributed by atoms with Gasteiger partial charge in [0.2, 0.25) is 5.91 Å². The first-order chi connectivity index (χ1) is 12.7. The van der Waals surface area contributed by atoms with Gasteiger partial charge in [-0.25, -0.2) is 4.98 Å². The van der Waals surface area contributed by atoms with Gasteiger partial charge in [0.15, 0.2) is 0 Å². The summed E-state index contributed by atoms with van der Waals surface area (Å²) in [7, 11) is 0. The van der Waals surface area contributed by atoms with Gasteiger partial charge in [-0.3, -0.25) is 9.59 Å². The fraction of sp³-hybridized carbons (Fsp3) is 0.286. The third-order valence-corrected chi connectivity index (χ3v) is 4.92. The van der Waals surface area contributed by atoms with Crippen molar-refractivity contribution in [3.05, 3.63) is 69.8 Å². The van der Waals surface area contributed by atoms with Gasteiger partial charge < -0.3 is 10.3 Å². The Balaban J connectivity index is 1.46. The summed E-state index contributed by atoms with van der Waals surface area (Å²) in [6.07, 6.45) is 5.17. The molecule has 2 N–H and O–H groups in total. The lowest BCUT2D eigenvalue weighted by Crippen LogP contribution is -2.17. The van der Waals surface area contributed by atoms with Crippen LogP contribution in [0.2, 0.25) is 0 Å². The molecule has 2 aromatic carbocycles. The summed E-state index contributed by atoms with van der Waals surface area (Å²) in [5, 5.41) is 3.60. The number of para-hydroxylation sites is 1. The Morgan fingerprint density at radius 1 is 1.08 bits per heavy atom. The van der Waals surface area contributed by atoms with E-state index in [1.54, 1.807) is 6.07 Å². The van der Waals surface area contributed by atoms with Crippen molar-refractivity contribution in [1.82, 2.24) is 9.97 Å². The highest BCUT2D eigenvalue weighted by molar-refractivity contribution is 5.91. The van der Waals surface area contributed by atoms with E-state index in [0.717, 1.165) is 18.5 Å². The zero-order valence-corrected chi connectivity index (χ0v) is 14.5. The highest BCUT2D eigenvalue weighted by atomic mass is 16.1. The largest absolute Gasteiger partial charge is 0.326 e. The number of benzene rings is 2. The number of aromatic nitrogens is 2. The summed E-state index contributed by atoms with van der Waals surface area (Å²) in [5.41, 5.74) is 4.03. The van der Waals surface area contributed by atoms with E-state index in [0.29, 0.717) is 23.1 Å². The van der Waals surface area contributed by atoms with Gasteiger partial charge in [-0.15, -0.1) is 0 Å². The fourth-order valence-corrected chi connectivity index (χ4v) is 3.60. The van der Waals surface area contributed by atoms with Gasteiger partial charge in [0, 0.05) is 18.5 Å². The number of H-pyrrole nitrogens is 1. The van der Waals surface area contributed by atoms with Crippen LogP contribution in [0.4, 0.5) is 5.69 Å². The minimum atomic E-state index is -0.164. The number of fused-ring (bicyclic) bond motifs is 2. The molecule has 1 aromatic heterocycles. The molecule has 4 rings (SSSR count). The molecular weight excluding hydrogens is 326 g/mol. The van der Waals surface area contributed by atoms with Crippen LogP contribution in [-0.2, 0) is 24.1 Å². The van der Waals surface area contributed by atoms with Crippen LogP contribution in [0.25, 0.3) is 10.9 Å². The lowest BCUT2D eigenvalue weighted by Gasteiger charge is -2.19. The van der Waals surface area contributed by atoms with E-state index in [-0.39, 0.29) is 17.9 Å². The highest BCUT2D eigenvalue weighted by Crippen LogP contribution is 2.27. The zero-order valence-electron chi connectivity index (χ0n) is 14.5. The minimum Gasteiger partial charge on any atom is -0.326 e. The van der Waals surface area contributed by atoms with Gasteiger partial charge in [0.05, 0.1) is 10.9 Å². The van der Waals surface area contributed by atoms with Crippen LogP contribution in [-0.4, -0.2) is 15.9 Å². The average molecular weight is 347 g/mol. The molecule has 1 aliphatic carbocycles. The second kappa shape index (κ2) is 7.12. The van der Waals surface area contributed by atoms with E-state index >= 15 is 0 Å². The van der Waals surface area contributed by atoms with Crippen molar-refractivity contribution in [3.63, 3.8) is 0 Å². The monoisotopic (exact) mass is 347 g/mol. The average Bonchev–Trinajstić information content (AvgIpc) is 2.67. The van der Waals surface area contributed by atoms with Gasteiger partial charge in [-0.05, 0) is 55.0 Å². The molecule has 5 heteroatoms. The van der Waals surface area contributed by atoms with Gasteiger partial charge >= 0.3 is 0 Å². The summed E-state index contributed by atoms with van der Waals surface area (Å²) in [6.45, 7) is 0. The van der Waals surface area contributed by atoms with Gasteiger partial charge in [0.25, 0.3) is 5.56 Å². The molecule has 0 bridgehead atoms. The Kier molecular flexibility index (Phi) is 4.52. The van der Waals surface area contributed by atoms with Crippen molar-refractivity contribution in [2.24, 2.45) is 0 Å².